The van der Waals surface area contributed by atoms with Crippen LogP contribution in [-0.2, 0) is 15.6 Å². The molecule has 0 N–H and O–H groups in total. The van der Waals surface area contributed by atoms with E-state index in [0.29, 0.717) is 0 Å². The molecule has 1 atom stereocenters. The van der Waals surface area contributed by atoms with E-state index < -0.39 is 7.81 Å². The van der Waals surface area contributed by atoms with Gasteiger partial charge in [-0.05, 0) is 84.9 Å². The van der Waals surface area contributed by atoms with Gasteiger partial charge in [-0.1, -0.05) is 13.8 Å². The van der Waals surface area contributed by atoms with E-state index in [1.165, 1.54) is 14.7 Å². The zero-order valence-corrected chi connectivity index (χ0v) is 25.8. The quantitative estimate of drug-likeness (QED) is 0.113. The van der Waals surface area contributed by atoms with Gasteiger partial charge in [-0.3, -0.25) is 0 Å². The van der Waals surface area contributed by atoms with Crippen LogP contribution in [0.25, 0.3) is 0 Å². The zero-order chi connectivity index (χ0) is 32.0. The van der Waals surface area contributed by atoms with Gasteiger partial charge in [-0.15, -0.1) is 0 Å². The first-order chi connectivity index (χ1) is 19.9. The fourth-order valence-electron chi connectivity index (χ4n) is 3.95. The van der Waals surface area contributed by atoms with Crippen LogP contribution in [0.2, 0.25) is 0 Å². The minimum absolute atomic E-state index is 0.164. The molecule has 4 aromatic rings. The Labute approximate surface area is 249 Å². The topological polar surface area (TPSA) is 50.1 Å². The molecular weight excluding hydrogens is 617 g/mol. The summed E-state index contributed by atoms with van der Waals surface area (Å²) >= 11 is 0. The SMILES string of the molecule is CC1(C)COC1c1ccco1.COc1ccc([S+](c2ccc(OC)cc2)c2ccc(OC)cc2)cc1.F[P-](F)(F)(F)(F)F. The van der Waals surface area contributed by atoms with E-state index >= 15 is 0 Å². The monoisotopic (exact) mass is 650 g/mol. The van der Waals surface area contributed by atoms with Gasteiger partial charge < -0.3 is 23.4 Å². The Bertz CT molecular complexity index is 1310. The Balaban J connectivity index is 0.000000230. The van der Waals surface area contributed by atoms with Gasteiger partial charge in [0.25, 0.3) is 0 Å². The number of ether oxygens (including phenoxy) is 4. The normalized spacial score (nSPS) is 17.1. The molecule has 0 aliphatic carbocycles. The van der Waals surface area contributed by atoms with Crippen LogP contribution in [0.15, 0.2) is 110 Å². The van der Waals surface area contributed by atoms with Crippen molar-refractivity contribution in [1.82, 2.24) is 0 Å². The molecule has 13 heteroatoms. The number of hydrogen-bond acceptors (Lipinski definition) is 5. The Hall–Kier alpha value is -3.34. The van der Waals surface area contributed by atoms with Crippen molar-refractivity contribution in [3.63, 3.8) is 0 Å². The molecule has 236 valence electrons. The van der Waals surface area contributed by atoms with Crippen LogP contribution in [0, 0.1) is 5.41 Å². The molecule has 43 heavy (non-hydrogen) atoms. The summed E-state index contributed by atoms with van der Waals surface area (Å²) in [6.07, 6.45) is 1.85. The van der Waals surface area contributed by atoms with Crippen molar-refractivity contribution in [2.75, 3.05) is 27.9 Å². The first-order valence-electron chi connectivity index (χ1n) is 12.8. The van der Waals surface area contributed by atoms with Crippen LogP contribution in [0.5, 0.6) is 17.2 Å². The maximum absolute atomic E-state index is 10.7. The first kappa shape index (κ1) is 34.2. The Morgan fingerprint density at radius 3 is 1.21 bits per heavy atom. The van der Waals surface area contributed by atoms with E-state index in [1.807, 2.05) is 48.5 Å². The molecular formula is C30H33F6O5PS. The van der Waals surface area contributed by atoms with E-state index in [1.54, 1.807) is 27.6 Å². The molecule has 1 saturated heterocycles. The summed E-state index contributed by atoms with van der Waals surface area (Å²) in [5, 5.41) is 0. The number of furan rings is 1. The molecule has 5 rings (SSSR count). The molecule has 3 aromatic carbocycles. The number of hydrogen-bond donors (Lipinski definition) is 0. The number of rotatable bonds is 7. The van der Waals surface area contributed by atoms with Crippen molar-refractivity contribution in [2.24, 2.45) is 5.41 Å². The predicted molar refractivity (Wildman–Crippen MR) is 156 cm³/mol. The zero-order valence-electron chi connectivity index (χ0n) is 24.1. The van der Waals surface area contributed by atoms with Crippen LogP contribution < -0.4 is 14.2 Å². The van der Waals surface area contributed by atoms with Gasteiger partial charge in [0.05, 0.1) is 45.1 Å². The predicted octanol–water partition coefficient (Wildman–Crippen LogP) is 10.6. The first-order valence-corrected chi connectivity index (χ1v) is 16.0. The molecule has 1 aliphatic heterocycles. The Morgan fingerprint density at radius 1 is 0.651 bits per heavy atom. The van der Waals surface area contributed by atoms with Gasteiger partial charge in [-0.25, -0.2) is 0 Å². The summed E-state index contributed by atoms with van der Waals surface area (Å²) in [6.45, 7) is 5.20. The third kappa shape index (κ3) is 11.3. The molecule has 1 unspecified atom stereocenters. The van der Waals surface area contributed by atoms with Crippen LogP contribution in [-0.4, -0.2) is 27.9 Å². The van der Waals surface area contributed by atoms with Crippen molar-refractivity contribution < 1.29 is 48.5 Å². The fraction of sp³-hybridized carbons (Fsp3) is 0.267. The number of halogens is 6. The molecule has 0 saturated carbocycles. The van der Waals surface area contributed by atoms with Crippen molar-refractivity contribution in [2.45, 2.75) is 34.6 Å². The van der Waals surface area contributed by atoms with Gasteiger partial charge in [0.2, 0.25) is 0 Å². The van der Waals surface area contributed by atoms with Gasteiger partial charge in [-0.2, -0.15) is 0 Å². The fourth-order valence-corrected chi connectivity index (χ4v) is 5.99. The van der Waals surface area contributed by atoms with Crippen molar-refractivity contribution in [3.8, 4) is 17.2 Å². The third-order valence-corrected chi connectivity index (χ3v) is 8.25. The van der Waals surface area contributed by atoms with E-state index in [2.05, 4.69) is 50.2 Å². The van der Waals surface area contributed by atoms with Crippen LogP contribution >= 0.6 is 7.81 Å². The second-order valence-corrected chi connectivity index (χ2v) is 13.9. The average Bonchev–Trinajstić information content (AvgIpc) is 3.46. The van der Waals surface area contributed by atoms with Crippen molar-refractivity contribution in [3.05, 3.63) is 97.0 Å². The van der Waals surface area contributed by atoms with Crippen molar-refractivity contribution >= 4 is 18.7 Å². The number of methoxy groups -OCH3 is 3. The van der Waals surface area contributed by atoms with Crippen LogP contribution in [0.4, 0.5) is 25.2 Å². The molecule has 0 radical (unpaired) electrons. The second kappa shape index (κ2) is 12.7. The van der Waals surface area contributed by atoms with E-state index in [0.717, 1.165) is 29.6 Å². The summed E-state index contributed by atoms with van der Waals surface area (Å²) in [6, 6.07) is 28.6. The molecule has 1 fully saturated rings. The summed E-state index contributed by atoms with van der Waals surface area (Å²) < 4.78 is 85.7. The molecule has 2 heterocycles. The Kier molecular flexibility index (Phi) is 10.1. The number of benzene rings is 3. The van der Waals surface area contributed by atoms with Crippen LogP contribution in [0.3, 0.4) is 0 Å². The molecule has 0 spiro atoms. The standard InChI is InChI=1S/C21H21O3S.C9H12O2.F6P/c1-22-16-4-10-19(11-5-16)25(20-12-6-17(23-2)7-13-20)21-14-8-18(24-3)9-15-21;1-9(2)6-11-8(9)7-4-3-5-10-7;1-7(2,3,4,5)6/h4-15H,1-3H3;3-5,8H,6H2,1-2H3;/q+1;;-1. The minimum atomic E-state index is -10.7. The van der Waals surface area contributed by atoms with Gasteiger partial charge in [0.15, 0.2) is 14.7 Å². The Morgan fingerprint density at radius 2 is 1.00 bits per heavy atom. The third-order valence-electron chi connectivity index (χ3n) is 6.02. The molecule has 0 bridgehead atoms. The molecule has 0 amide bonds. The summed E-state index contributed by atoms with van der Waals surface area (Å²) in [4.78, 5) is 3.70. The van der Waals surface area contributed by atoms with E-state index in [9.17, 15) is 25.2 Å². The van der Waals surface area contributed by atoms with Gasteiger partial charge in [0.1, 0.15) is 29.1 Å². The van der Waals surface area contributed by atoms with E-state index in [-0.39, 0.29) is 22.4 Å². The van der Waals surface area contributed by atoms with Gasteiger partial charge >= 0.3 is 33.0 Å². The average molecular weight is 651 g/mol. The molecule has 1 aliphatic rings. The molecule has 5 nitrogen and oxygen atoms in total. The van der Waals surface area contributed by atoms with Gasteiger partial charge in [0, 0.05) is 5.41 Å². The second-order valence-electron chi connectivity index (χ2n) is 9.99. The summed E-state index contributed by atoms with van der Waals surface area (Å²) in [5.74, 6) is 3.52. The van der Waals surface area contributed by atoms with Crippen LogP contribution in [0.1, 0.15) is 25.7 Å². The summed E-state index contributed by atoms with van der Waals surface area (Å²) in [5.41, 5.74) is 0.248. The molecule has 1 aromatic heterocycles. The van der Waals surface area contributed by atoms with E-state index in [4.69, 9.17) is 23.4 Å². The van der Waals surface area contributed by atoms with Crippen molar-refractivity contribution in [1.29, 1.82) is 0 Å². The summed E-state index contributed by atoms with van der Waals surface area (Å²) in [7, 11) is -5.82. The maximum atomic E-state index is 9.87.